The highest BCUT2D eigenvalue weighted by molar-refractivity contribution is 5.97. The number of nitrogen functional groups attached to an aromatic ring is 1. The molecule has 0 spiro atoms. The van der Waals surface area contributed by atoms with Crippen molar-refractivity contribution in [1.82, 2.24) is 4.98 Å². The number of rotatable bonds is 4. The lowest BCUT2D eigenvalue weighted by Gasteiger charge is -2.04. The fourth-order valence-corrected chi connectivity index (χ4v) is 2.82. The minimum absolute atomic E-state index is 0.0214. The van der Waals surface area contributed by atoms with Gasteiger partial charge >= 0.3 is 5.97 Å². The summed E-state index contributed by atoms with van der Waals surface area (Å²) in [7, 11) is 1.29. The van der Waals surface area contributed by atoms with Crippen molar-refractivity contribution < 1.29 is 14.3 Å². The predicted octanol–water partition coefficient (Wildman–Crippen LogP) is 3.58. The van der Waals surface area contributed by atoms with Crippen molar-refractivity contribution in [3.63, 3.8) is 0 Å². The number of benzene rings is 2. The molecule has 5 nitrogen and oxygen atoms in total. The molecule has 3 rings (SSSR count). The van der Waals surface area contributed by atoms with Crippen LogP contribution >= 0.6 is 0 Å². The maximum Gasteiger partial charge on any atom is 0.339 e. The van der Waals surface area contributed by atoms with E-state index in [0.717, 1.165) is 11.1 Å². The van der Waals surface area contributed by atoms with E-state index < -0.39 is 5.97 Å². The van der Waals surface area contributed by atoms with Crippen molar-refractivity contribution in [2.75, 3.05) is 12.8 Å². The van der Waals surface area contributed by atoms with E-state index in [9.17, 15) is 9.59 Å². The Bertz CT molecular complexity index is 1140. The van der Waals surface area contributed by atoms with E-state index >= 15 is 0 Å². The van der Waals surface area contributed by atoms with Gasteiger partial charge < -0.3 is 10.5 Å². The van der Waals surface area contributed by atoms with Gasteiger partial charge in [0.15, 0.2) is 5.78 Å². The lowest BCUT2D eigenvalue weighted by molar-refractivity contribution is 0.0600. The van der Waals surface area contributed by atoms with Gasteiger partial charge in [-0.3, -0.25) is 4.79 Å². The second-order valence-electron chi connectivity index (χ2n) is 6.57. The van der Waals surface area contributed by atoms with Gasteiger partial charge in [0, 0.05) is 23.7 Å². The summed E-state index contributed by atoms with van der Waals surface area (Å²) >= 11 is 0. The number of aryl methyl sites for hydroxylation is 1. The molecule has 29 heavy (non-hydrogen) atoms. The zero-order valence-corrected chi connectivity index (χ0v) is 16.2. The van der Waals surface area contributed by atoms with Gasteiger partial charge in [0.2, 0.25) is 0 Å². The number of carbonyl (C=O) groups excluding carboxylic acids is 2. The van der Waals surface area contributed by atoms with Crippen LogP contribution in [0.15, 0.2) is 60.8 Å². The summed E-state index contributed by atoms with van der Waals surface area (Å²) in [6.07, 6.45) is 1.67. The Morgan fingerprint density at radius 1 is 1.03 bits per heavy atom. The van der Waals surface area contributed by atoms with Gasteiger partial charge in [0.1, 0.15) is 5.82 Å². The number of esters is 1. The third kappa shape index (κ3) is 5.08. The predicted molar refractivity (Wildman–Crippen MR) is 112 cm³/mol. The number of hydrogen-bond donors (Lipinski definition) is 1. The number of nitrogens with zero attached hydrogens (tertiary/aromatic N) is 1. The Morgan fingerprint density at radius 2 is 1.83 bits per heavy atom. The molecule has 2 N–H and O–H groups in total. The smallest absolute Gasteiger partial charge is 0.339 e. The topological polar surface area (TPSA) is 82.3 Å². The largest absolute Gasteiger partial charge is 0.465 e. The van der Waals surface area contributed by atoms with Gasteiger partial charge in [-0.1, -0.05) is 53.8 Å². The average molecular weight is 384 g/mol. The van der Waals surface area contributed by atoms with Crippen LogP contribution in [0.5, 0.6) is 0 Å². The van der Waals surface area contributed by atoms with Crippen LogP contribution in [0.3, 0.4) is 0 Å². The van der Waals surface area contributed by atoms with Crippen molar-refractivity contribution in [2.24, 2.45) is 0 Å². The van der Waals surface area contributed by atoms with Crippen LogP contribution in [0.1, 0.15) is 43.0 Å². The Balaban J connectivity index is 1.82. The number of nitrogens with two attached hydrogens (primary N) is 1. The average Bonchev–Trinajstić information content (AvgIpc) is 2.73. The second kappa shape index (κ2) is 8.85. The molecular weight excluding hydrogens is 364 g/mol. The van der Waals surface area contributed by atoms with E-state index in [1.807, 2.05) is 37.3 Å². The van der Waals surface area contributed by atoms with Crippen LogP contribution in [-0.2, 0) is 11.2 Å². The minimum atomic E-state index is -0.510. The maximum atomic E-state index is 12.6. The summed E-state index contributed by atoms with van der Waals surface area (Å²) in [6, 6.07) is 16.6. The molecule has 0 atom stereocenters. The summed E-state index contributed by atoms with van der Waals surface area (Å²) in [5.41, 5.74) is 9.90. The number of Topliss-reactive ketones (excluding diaryl/α,β-unsaturated/α-hetero) is 1. The number of hydrogen-bond acceptors (Lipinski definition) is 5. The number of carbonyl (C=O) groups is 2. The van der Waals surface area contributed by atoms with E-state index in [1.165, 1.54) is 19.4 Å². The number of anilines is 1. The molecule has 0 bridgehead atoms. The van der Waals surface area contributed by atoms with Crippen molar-refractivity contribution >= 4 is 17.6 Å². The molecule has 2 aromatic carbocycles. The second-order valence-corrected chi connectivity index (χ2v) is 6.57. The van der Waals surface area contributed by atoms with Gasteiger partial charge in [0.05, 0.1) is 18.2 Å². The highest BCUT2D eigenvalue weighted by Crippen LogP contribution is 2.13. The first kappa shape index (κ1) is 19.8. The van der Waals surface area contributed by atoms with E-state index in [-0.39, 0.29) is 17.2 Å². The molecule has 0 saturated heterocycles. The van der Waals surface area contributed by atoms with Crippen LogP contribution < -0.4 is 5.73 Å². The number of pyridine rings is 1. The van der Waals surface area contributed by atoms with Gasteiger partial charge in [-0.2, -0.15) is 0 Å². The molecule has 0 amide bonds. The number of methoxy groups -OCH3 is 1. The highest BCUT2D eigenvalue weighted by Gasteiger charge is 2.09. The number of ketones is 1. The fourth-order valence-electron chi connectivity index (χ4n) is 2.82. The van der Waals surface area contributed by atoms with E-state index in [1.54, 1.807) is 18.2 Å². The zero-order chi connectivity index (χ0) is 20.8. The van der Waals surface area contributed by atoms with E-state index in [0.29, 0.717) is 23.1 Å². The Hall–Kier alpha value is -3.91. The quantitative estimate of drug-likeness (QED) is 0.422. The zero-order valence-electron chi connectivity index (χ0n) is 16.2. The summed E-state index contributed by atoms with van der Waals surface area (Å²) in [5.74, 6) is 5.63. The van der Waals surface area contributed by atoms with Crippen molar-refractivity contribution in [3.8, 4) is 11.8 Å². The van der Waals surface area contributed by atoms with Gasteiger partial charge in [-0.05, 0) is 30.7 Å². The number of aromatic nitrogens is 1. The van der Waals surface area contributed by atoms with Crippen molar-refractivity contribution in [3.05, 3.63) is 94.2 Å². The maximum absolute atomic E-state index is 12.6. The van der Waals surface area contributed by atoms with Crippen LogP contribution in [-0.4, -0.2) is 23.8 Å². The summed E-state index contributed by atoms with van der Waals surface area (Å²) in [4.78, 5) is 28.3. The van der Waals surface area contributed by atoms with Crippen LogP contribution in [0, 0.1) is 18.8 Å². The molecule has 0 aliphatic carbocycles. The molecule has 0 unspecified atom stereocenters. The summed E-state index contributed by atoms with van der Waals surface area (Å²) < 4.78 is 4.69. The fraction of sp³-hybridized carbons (Fsp3) is 0.125. The molecule has 5 heteroatoms. The van der Waals surface area contributed by atoms with Crippen molar-refractivity contribution in [2.45, 2.75) is 13.3 Å². The highest BCUT2D eigenvalue weighted by atomic mass is 16.5. The molecule has 0 aliphatic heterocycles. The lowest BCUT2D eigenvalue weighted by Crippen LogP contribution is -2.05. The van der Waals surface area contributed by atoms with E-state index in [2.05, 4.69) is 21.6 Å². The Kier molecular flexibility index (Phi) is 6.06. The number of ether oxygens (including phenoxy) is 1. The SMILES string of the molecule is COC(=O)c1cnc(N)c(C#Cc2cccc(C(=O)Cc3cccc(C)c3)c2)c1. The Morgan fingerprint density at radius 3 is 2.59 bits per heavy atom. The monoisotopic (exact) mass is 384 g/mol. The third-order valence-corrected chi connectivity index (χ3v) is 4.31. The lowest BCUT2D eigenvalue weighted by atomic mass is 10.0. The van der Waals surface area contributed by atoms with E-state index in [4.69, 9.17) is 5.73 Å². The Labute approximate surface area is 169 Å². The molecule has 0 radical (unpaired) electrons. The molecule has 1 aromatic heterocycles. The van der Waals surface area contributed by atoms with Gasteiger partial charge in [-0.25, -0.2) is 9.78 Å². The molecule has 0 fully saturated rings. The molecule has 0 saturated carbocycles. The summed E-state index contributed by atoms with van der Waals surface area (Å²) in [5, 5.41) is 0. The van der Waals surface area contributed by atoms with Crippen molar-refractivity contribution in [1.29, 1.82) is 0 Å². The summed E-state index contributed by atoms with van der Waals surface area (Å²) in [6.45, 7) is 2.00. The first-order valence-corrected chi connectivity index (χ1v) is 9.01. The first-order chi connectivity index (χ1) is 14.0. The van der Waals surface area contributed by atoms with Crippen LogP contribution in [0.25, 0.3) is 0 Å². The molecular formula is C24H20N2O3. The van der Waals surface area contributed by atoms with Gasteiger partial charge in [-0.15, -0.1) is 0 Å². The van der Waals surface area contributed by atoms with Gasteiger partial charge in [0.25, 0.3) is 0 Å². The molecule has 0 aliphatic rings. The normalized spacial score (nSPS) is 10.0. The third-order valence-electron chi connectivity index (χ3n) is 4.31. The molecule has 3 aromatic rings. The minimum Gasteiger partial charge on any atom is -0.465 e. The molecule has 1 heterocycles. The van der Waals surface area contributed by atoms with Crippen LogP contribution in [0.4, 0.5) is 5.82 Å². The first-order valence-electron chi connectivity index (χ1n) is 9.01. The molecule has 144 valence electrons. The van der Waals surface area contributed by atoms with Crippen LogP contribution in [0.2, 0.25) is 0 Å². The standard InChI is InChI=1S/C24H20N2O3/c1-16-5-3-7-18(11-16)13-22(27)19-8-4-6-17(12-19)9-10-20-14-21(24(28)29-2)15-26-23(20)25/h3-8,11-12,14-15H,13H2,1-2H3,(H2,25,26).